The summed E-state index contributed by atoms with van der Waals surface area (Å²) in [4.78, 5) is 1.78. The molecule has 0 aliphatic heterocycles. The second kappa shape index (κ2) is 6.35. The van der Waals surface area contributed by atoms with Gasteiger partial charge in [0.05, 0.1) is 18.4 Å². The van der Waals surface area contributed by atoms with Gasteiger partial charge in [0.2, 0.25) is 0 Å². The van der Waals surface area contributed by atoms with E-state index in [1.165, 1.54) is 6.07 Å². The fourth-order valence-corrected chi connectivity index (χ4v) is 1.53. The van der Waals surface area contributed by atoms with Crippen molar-refractivity contribution in [3.8, 4) is 0 Å². The molecule has 0 aliphatic carbocycles. The van der Waals surface area contributed by atoms with Crippen LogP contribution in [0.5, 0.6) is 0 Å². The molecule has 0 amide bonds. The molecular weight excluding hydrogens is 233 g/mol. The number of amidine groups is 1. The van der Waals surface area contributed by atoms with Gasteiger partial charge in [0.1, 0.15) is 11.7 Å². The number of likely N-dealkylation sites (N-methyl/N-ethyl adjacent to an activating group) is 1. The van der Waals surface area contributed by atoms with Gasteiger partial charge in [-0.25, -0.2) is 4.39 Å². The van der Waals surface area contributed by atoms with Gasteiger partial charge in [-0.05, 0) is 32.0 Å². The number of halogens is 1. The van der Waals surface area contributed by atoms with Gasteiger partial charge in [-0.15, -0.1) is 0 Å². The number of benzene rings is 1. The van der Waals surface area contributed by atoms with Crippen molar-refractivity contribution in [2.75, 3.05) is 25.1 Å². The van der Waals surface area contributed by atoms with Crippen LogP contribution in [-0.4, -0.2) is 32.1 Å². The molecule has 0 spiro atoms. The number of nitrogens with one attached hydrogen (secondary N) is 1. The molecule has 0 unspecified atom stereocenters. The molecule has 0 bridgehead atoms. The molecule has 0 saturated heterocycles. The van der Waals surface area contributed by atoms with E-state index in [2.05, 4.69) is 0 Å². The van der Waals surface area contributed by atoms with E-state index in [0.29, 0.717) is 24.4 Å². The Morgan fingerprint density at radius 3 is 2.67 bits per heavy atom. The van der Waals surface area contributed by atoms with Crippen molar-refractivity contribution in [2.24, 2.45) is 5.73 Å². The van der Waals surface area contributed by atoms with Crippen LogP contribution in [0, 0.1) is 11.2 Å². The summed E-state index contributed by atoms with van der Waals surface area (Å²) in [7, 11) is 1.80. The Labute approximate surface area is 107 Å². The standard InChI is InChI=1S/C13H20FN3O/c1-9(2)18-7-6-17(3)12-5-4-10(13(15)16)8-11(12)14/h4-5,8-9H,6-7H2,1-3H3,(H3,15,16). The molecule has 0 radical (unpaired) electrons. The number of nitrogens with zero attached hydrogens (tertiary/aromatic N) is 1. The van der Waals surface area contributed by atoms with Crippen LogP contribution in [0.25, 0.3) is 0 Å². The first-order valence-electron chi connectivity index (χ1n) is 5.88. The lowest BCUT2D eigenvalue weighted by molar-refractivity contribution is 0.0845. The molecule has 0 saturated carbocycles. The summed E-state index contributed by atoms with van der Waals surface area (Å²) in [6.07, 6.45) is 0.170. The average molecular weight is 253 g/mol. The summed E-state index contributed by atoms with van der Waals surface area (Å²) in [5.74, 6) is -0.513. The fraction of sp³-hybridized carbons (Fsp3) is 0.462. The Morgan fingerprint density at radius 1 is 1.50 bits per heavy atom. The first-order chi connectivity index (χ1) is 8.41. The van der Waals surface area contributed by atoms with Crippen LogP contribution in [0.15, 0.2) is 18.2 Å². The number of nitrogens with two attached hydrogens (primary N) is 1. The monoisotopic (exact) mass is 253 g/mol. The Kier molecular flexibility index (Phi) is 5.09. The maximum atomic E-state index is 13.8. The van der Waals surface area contributed by atoms with Gasteiger partial charge in [0.15, 0.2) is 0 Å². The van der Waals surface area contributed by atoms with Crippen LogP contribution in [0.2, 0.25) is 0 Å². The summed E-state index contributed by atoms with van der Waals surface area (Å²) in [5.41, 5.74) is 6.18. The Hall–Kier alpha value is -1.62. The van der Waals surface area contributed by atoms with Crippen LogP contribution >= 0.6 is 0 Å². The van der Waals surface area contributed by atoms with Gasteiger partial charge in [0, 0.05) is 19.2 Å². The Bertz CT molecular complexity index is 421. The largest absolute Gasteiger partial charge is 0.384 e. The highest BCUT2D eigenvalue weighted by Gasteiger charge is 2.09. The van der Waals surface area contributed by atoms with Gasteiger partial charge < -0.3 is 15.4 Å². The molecule has 1 aromatic carbocycles. The smallest absolute Gasteiger partial charge is 0.147 e. The van der Waals surface area contributed by atoms with Gasteiger partial charge in [-0.1, -0.05) is 0 Å². The first kappa shape index (κ1) is 14.4. The van der Waals surface area contributed by atoms with Crippen LogP contribution in [0.3, 0.4) is 0 Å². The van der Waals surface area contributed by atoms with E-state index in [9.17, 15) is 4.39 Å². The third-order valence-electron chi connectivity index (χ3n) is 2.55. The normalized spacial score (nSPS) is 10.7. The quantitative estimate of drug-likeness (QED) is 0.602. The van der Waals surface area contributed by atoms with Crippen molar-refractivity contribution < 1.29 is 9.13 Å². The van der Waals surface area contributed by atoms with Crippen LogP contribution < -0.4 is 10.6 Å². The minimum atomic E-state index is -0.380. The lowest BCUT2D eigenvalue weighted by atomic mass is 10.1. The predicted octanol–water partition coefficient (Wildman–Crippen LogP) is 1.97. The molecule has 1 rings (SSSR count). The highest BCUT2D eigenvalue weighted by atomic mass is 19.1. The summed E-state index contributed by atoms with van der Waals surface area (Å²) < 4.78 is 19.2. The van der Waals surface area contributed by atoms with Gasteiger partial charge >= 0.3 is 0 Å². The third kappa shape index (κ3) is 4.00. The number of anilines is 1. The van der Waals surface area contributed by atoms with Crippen molar-refractivity contribution in [3.05, 3.63) is 29.6 Å². The summed E-state index contributed by atoms with van der Waals surface area (Å²) in [6.45, 7) is 5.07. The van der Waals surface area contributed by atoms with Crippen molar-refractivity contribution in [3.63, 3.8) is 0 Å². The number of nitrogen functional groups attached to an aromatic ring is 1. The minimum absolute atomic E-state index is 0.133. The lowest BCUT2D eigenvalue weighted by Crippen LogP contribution is -2.25. The summed E-state index contributed by atoms with van der Waals surface area (Å²) >= 11 is 0. The molecule has 1 aromatic rings. The third-order valence-corrected chi connectivity index (χ3v) is 2.55. The zero-order valence-corrected chi connectivity index (χ0v) is 11.0. The topological polar surface area (TPSA) is 62.3 Å². The van der Waals surface area contributed by atoms with Gasteiger partial charge in [0.25, 0.3) is 0 Å². The number of rotatable bonds is 6. The molecule has 4 nitrogen and oxygen atoms in total. The van der Waals surface area contributed by atoms with E-state index >= 15 is 0 Å². The van der Waals surface area contributed by atoms with E-state index in [1.807, 2.05) is 13.8 Å². The molecule has 0 fully saturated rings. The SMILES string of the molecule is CC(C)OCCN(C)c1ccc(C(=N)N)cc1F. The molecule has 3 N–H and O–H groups in total. The highest BCUT2D eigenvalue weighted by Crippen LogP contribution is 2.19. The molecule has 18 heavy (non-hydrogen) atoms. The Balaban J connectivity index is 2.68. The summed E-state index contributed by atoms with van der Waals surface area (Å²) in [5, 5.41) is 7.25. The van der Waals surface area contributed by atoms with Crippen molar-refractivity contribution in [1.29, 1.82) is 5.41 Å². The van der Waals surface area contributed by atoms with Gasteiger partial charge in [-0.2, -0.15) is 0 Å². The minimum Gasteiger partial charge on any atom is -0.384 e. The molecule has 100 valence electrons. The zero-order chi connectivity index (χ0) is 13.7. The number of hydrogen-bond acceptors (Lipinski definition) is 3. The van der Waals surface area contributed by atoms with Crippen LogP contribution in [-0.2, 0) is 4.74 Å². The number of hydrogen-bond donors (Lipinski definition) is 2. The second-order valence-corrected chi connectivity index (χ2v) is 4.42. The predicted molar refractivity (Wildman–Crippen MR) is 71.8 cm³/mol. The average Bonchev–Trinajstić information content (AvgIpc) is 2.27. The molecular formula is C13H20FN3O. The zero-order valence-electron chi connectivity index (χ0n) is 11.0. The maximum Gasteiger partial charge on any atom is 0.147 e. The van der Waals surface area contributed by atoms with Crippen molar-refractivity contribution in [1.82, 2.24) is 0 Å². The van der Waals surface area contributed by atoms with Gasteiger partial charge in [-0.3, -0.25) is 5.41 Å². The molecule has 5 heteroatoms. The van der Waals surface area contributed by atoms with E-state index < -0.39 is 0 Å². The highest BCUT2D eigenvalue weighted by molar-refractivity contribution is 5.95. The summed E-state index contributed by atoms with van der Waals surface area (Å²) in [6, 6.07) is 4.54. The molecule has 0 aliphatic rings. The van der Waals surface area contributed by atoms with Crippen molar-refractivity contribution in [2.45, 2.75) is 20.0 Å². The van der Waals surface area contributed by atoms with Crippen LogP contribution in [0.4, 0.5) is 10.1 Å². The second-order valence-electron chi connectivity index (χ2n) is 4.42. The van der Waals surface area contributed by atoms with E-state index in [0.717, 1.165) is 0 Å². The molecule has 0 aromatic heterocycles. The van der Waals surface area contributed by atoms with E-state index in [1.54, 1.807) is 24.1 Å². The molecule has 0 heterocycles. The maximum absolute atomic E-state index is 13.8. The number of ether oxygens (including phenoxy) is 1. The van der Waals surface area contributed by atoms with E-state index in [4.69, 9.17) is 15.9 Å². The fourth-order valence-electron chi connectivity index (χ4n) is 1.53. The Morgan fingerprint density at radius 2 is 2.17 bits per heavy atom. The van der Waals surface area contributed by atoms with Crippen molar-refractivity contribution >= 4 is 11.5 Å². The molecule has 0 atom stereocenters. The first-order valence-corrected chi connectivity index (χ1v) is 5.88. The van der Waals surface area contributed by atoms with Crippen LogP contribution in [0.1, 0.15) is 19.4 Å². The lowest BCUT2D eigenvalue weighted by Gasteiger charge is -2.21. The van der Waals surface area contributed by atoms with E-state index in [-0.39, 0.29) is 17.8 Å².